The number of alkyl halides is 3. The minimum Gasteiger partial charge on any atom is -0.406 e. The number of hydrogen-bond donors (Lipinski definition) is 1. The first-order chi connectivity index (χ1) is 20.1. The van der Waals surface area contributed by atoms with Gasteiger partial charge in [0.15, 0.2) is 0 Å². The van der Waals surface area contributed by atoms with E-state index in [1.54, 1.807) is 24.3 Å². The molecular weight excluding hydrogens is 610 g/mol. The molecule has 3 aromatic carbocycles. The highest BCUT2D eigenvalue weighted by Crippen LogP contribution is 2.38. The summed E-state index contributed by atoms with van der Waals surface area (Å²) < 4.78 is 41.4. The van der Waals surface area contributed by atoms with Gasteiger partial charge in [-0.15, -0.1) is 13.2 Å². The van der Waals surface area contributed by atoms with Crippen LogP contribution < -0.4 is 10.1 Å². The molecule has 0 radical (unpaired) electrons. The van der Waals surface area contributed by atoms with Gasteiger partial charge in [0.1, 0.15) is 5.75 Å². The first-order valence-electron chi connectivity index (χ1n) is 13.2. The lowest BCUT2D eigenvalue weighted by Crippen LogP contribution is -2.26. The van der Waals surface area contributed by atoms with E-state index in [0.29, 0.717) is 27.3 Å². The molecule has 1 aliphatic rings. The van der Waals surface area contributed by atoms with Crippen LogP contribution in [0.3, 0.4) is 0 Å². The fourth-order valence-corrected chi connectivity index (χ4v) is 5.50. The smallest absolute Gasteiger partial charge is 0.406 e. The molecule has 4 aromatic rings. The number of amides is 1. The summed E-state index contributed by atoms with van der Waals surface area (Å²) in [5, 5.41) is 4.42. The van der Waals surface area contributed by atoms with Crippen LogP contribution >= 0.6 is 34.8 Å². The molecule has 5 rings (SSSR count). The minimum absolute atomic E-state index is 0.134. The van der Waals surface area contributed by atoms with E-state index >= 15 is 0 Å². The number of halogens is 6. The van der Waals surface area contributed by atoms with Crippen molar-refractivity contribution in [3.8, 4) is 28.1 Å². The van der Waals surface area contributed by atoms with Crippen molar-refractivity contribution in [2.24, 2.45) is 0 Å². The Morgan fingerprint density at radius 1 is 0.881 bits per heavy atom. The van der Waals surface area contributed by atoms with E-state index < -0.39 is 18.0 Å². The Balaban J connectivity index is 1.51. The SMILES string of the molecule is O=C(NCc1cc(-c2ccc(Cl)cc2Cl)c(-c2ccc(Cl)cc2)nc1CN1CCCC1)c1ccc(OC(F)(F)F)cc1. The highest BCUT2D eigenvalue weighted by Gasteiger charge is 2.31. The summed E-state index contributed by atoms with van der Waals surface area (Å²) >= 11 is 19.0. The zero-order valence-corrected chi connectivity index (χ0v) is 24.4. The molecule has 11 heteroatoms. The van der Waals surface area contributed by atoms with Crippen LogP contribution in [0.15, 0.2) is 72.8 Å². The van der Waals surface area contributed by atoms with Gasteiger partial charge < -0.3 is 10.1 Å². The highest BCUT2D eigenvalue weighted by atomic mass is 35.5. The lowest BCUT2D eigenvalue weighted by Gasteiger charge is -2.21. The summed E-state index contributed by atoms with van der Waals surface area (Å²) in [5.74, 6) is -0.855. The Kier molecular flexibility index (Phi) is 9.28. The first-order valence-corrected chi connectivity index (χ1v) is 14.3. The number of pyridine rings is 1. The van der Waals surface area contributed by atoms with Crippen LogP contribution in [-0.2, 0) is 13.1 Å². The predicted octanol–water partition coefficient (Wildman–Crippen LogP) is 8.80. The highest BCUT2D eigenvalue weighted by molar-refractivity contribution is 6.36. The van der Waals surface area contributed by atoms with E-state index in [4.69, 9.17) is 39.8 Å². The normalized spacial score (nSPS) is 13.8. The number of benzene rings is 3. The number of nitrogens with one attached hydrogen (secondary N) is 1. The van der Waals surface area contributed by atoms with Crippen LogP contribution in [-0.4, -0.2) is 35.2 Å². The van der Waals surface area contributed by atoms with Gasteiger partial charge in [0.25, 0.3) is 5.91 Å². The largest absolute Gasteiger partial charge is 0.573 e. The van der Waals surface area contributed by atoms with Gasteiger partial charge in [-0.25, -0.2) is 0 Å². The van der Waals surface area contributed by atoms with Crippen molar-refractivity contribution in [3.05, 3.63) is 105 Å². The molecule has 1 saturated heterocycles. The van der Waals surface area contributed by atoms with Crippen molar-refractivity contribution in [1.29, 1.82) is 0 Å². The molecule has 0 spiro atoms. The van der Waals surface area contributed by atoms with Crippen LogP contribution in [0, 0.1) is 0 Å². The molecular formula is C31H25Cl3F3N3O2. The van der Waals surface area contributed by atoms with E-state index in [1.165, 1.54) is 12.1 Å². The van der Waals surface area contributed by atoms with Gasteiger partial charge in [0.05, 0.1) is 11.4 Å². The number of carbonyl (C=O) groups excluding carboxylic acids is 1. The average molecular weight is 635 g/mol. The van der Waals surface area contributed by atoms with Gasteiger partial charge >= 0.3 is 6.36 Å². The van der Waals surface area contributed by atoms with Crippen molar-refractivity contribution in [3.63, 3.8) is 0 Å². The summed E-state index contributed by atoms with van der Waals surface area (Å²) in [5.41, 5.74) is 4.80. The van der Waals surface area contributed by atoms with Crippen molar-refractivity contribution < 1.29 is 22.7 Å². The number of rotatable bonds is 8. The lowest BCUT2D eigenvalue weighted by molar-refractivity contribution is -0.274. The zero-order chi connectivity index (χ0) is 29.9. The second kappa shape index (κ2) is 12.9. The minimum atomic E-state index is -4.81. The van der Waals surface area contributed by atoms with Gasteiger partial charge in [-0.3, -0.25) is 14.7 Å². The van der Waals surface area contributed by atoms with Crippen molar-refractivity contribution in [2.45, 2.75) is 32.3 Å². The quantitative estimate of drug-likeness (QED) is 0.211. The van der Waals surface area contributed by atoms with E-state index in [0.717, 1.165) is 66.0 Å². The number of ether oxygens (including phenoxy) is 1. The third-order valence-electron chi connectivity index (χ3n) is 6.89. The molecule has 1 aromatic heterocycles. The maximum absolute atomic E-state index is 13.0. The second-order valence-electron chi connectivity index (χ2n) is 9.86. The summed E-state index contributed by atoms with van der Waals surface area (Å²) in [6, 6.07) is 19.4. The standard InChI is InChI=1S/C31H25Cl3F3N3O2/c32-22-7-3-19(4-8-22)29-26(25-12-9-23(33)16-27(25)34)15-21(28(39-29)18-40-13-1-2-14-40)17-38-30(41)20-5-10-24(11-6-20)42-31(35,36)37/h3-12,15-16H,1-2,13-14,17-18H2,(H,38,41). The van der Waals surface area contributed by atoms with Gasteiger partial charge in [-0.05, 0) is 86.1 Å². The number of hydrogen-bond acceptors (Lipinski definition) is 4. The molecule has 0 atom stereocenters. The maximum atomic E-state index is 13.0. The number of nitrogens with zero attached hydrogens (tertiary/aromatic N) is 2. The molecule has 5 nitrogen and oxygen atoms in total. The van der Waals surface area contributed by atoms with E-state index in [9.17, 15) is 18.0 Å². The number of carbonyl (C=O) groups is 1. The van der Waals surface area contributed by atoms with Crippen LogP contribution in [0.2, 0.25) is 15.1 Å². The number of aromatic nitrogens is 1. The van der Waals surface area contributed by atoms with Gasteiger partial charge in [-0.2, -0.15) is 0 Å². The fraction of sp³-hybridized carbons (Fsp3) is 0.226. The van der Waals surface area contributed by atoms with Gasteiger partial charge in [0, 0.05) is 50.4 Å². The average Bonchev–Trinajstić information content (AvgIpc) is 3.45. The Bertz CT molecular complexity index is 1570. The molecule has 1 aliphatic heterocycles. The molecule has 2 heterocycles. The molecule has 218 valence electrons. The monoisotopic (exact) mass is 633 g/mol. The summed E-state index contributed by atoms with van der Waals surface area (Å²) in [7, 11) is 0. The van der Waals surface area contributed by atoms with Crippen LogP contribution in [0.1, 0.15) is 34.5 Å². The summed E-state index contributed by atoms with van der Waals surface area (Å²) in [6.45, 7) is 2.61. The molecule has 0 aliphatic carbocycles. The molecule has 1 N–H and O–H groups in total. The van der Waals surface area contributed by atoms with E-state index in [-0.39, 0.29) is 12.1 Å². The Hall–Kier alpha value is -3.30. The zero-order valence-electron chi connectivity index (χ0n) is 22.1. The molecule has 0 bridgehead atoms. The molecule has 1 fully saturated rings. The van der Waals surface area contributed by atoms with Crippen LogP contribution in [0.4, 0.5) is 13.2 Å². The fourth-order valence-electron chi connectivity index (χ4n) is 4.86. The van der Waals surface area contributed by atoms with Crippen molar-refractivity contribution in [2.75, 3.05) is 13.1 Å². The summed E-state index contributed by atoms with van der Waals surface area (Å²) in [6.07, 6.45) is -2.61. The number of likely N-dealkylation sites (tertiary alicyclic amines) is 1. The third kappa shape index (κ3) is 7.55. The molecule has 42 heavy (non-hydrogen) atoms. The first kappa shape index (κ1) is 30.2. The van der Waals surface area contributed by atoms with E-state index in [1.807, 2.05) is 24.3 Å². The van der Waals surface area contributed by atoms with Crippen LogP contribution in [0.5, 0.6) is 5.75 Å². The molecule has 1 amide bonds. The van der Waals surface area contributed by atoms with Crippen molar-refractivity contribution >= 4 is 40.7 Å². The molecule has 0 unspecified atom stereocenters. The Labute approximate surface area is 256 Å². The topological polar surface area (TPSA) is 54.5 Å². The van der Waals surface area contributed by atoms with Gasteiger partial charge in [0.2, 0.25) is 0 Å². The van der Waals surface area contributed by atoms with Gasteiger partial charge in [-0.1, -0.05) is 53.0 Å². The predicted molar refractivity (Wildman–Crippen MR) is 159 cm³/mol. The lowest BCUT2D eigenvalue weighted by atomic mass is 9.96. The maximum Gasteiger partial charge on any atom is 0.573 e. The third-order valence-corrected chi connectivity index (χ3v) is 7.69. The Morgan fingerprint density at radius 3 is 2.19 bits per heavy atom. The van der Waals surface area contributed by atoms with Crippen molar-refractivity contribution in [1.82, 2.24) is 15.2 Å². The Morgan fingerprint density at radius 2 is 1.55 bits per heavy atom. The second-order valence-corrected chi connectivity index (χ2v) is 11.1. The summed E-state index contributed by atoms with van der Waals surface area (Å²) in [4.78, 5) is 20.4. The van der Waals surface area contributed by atoms with Crippen LogP contribution in [0.25, 0.3) is 22.4 Å². The molecule has 0 saturated carbocycles. The van der Waals surface area contributed by atoms with E-state index in [2.05, 4.69) is 15.0 Å².